The summed E-state index contributed by atoms with van der Waals surface area (Å²) in [5.74, 6) is 0. The molecule has 0 N–H and O–H groups in total. The molecule has 1 aromatic heterocycles. The minimum absolute atomic E-state index is 0.616. The van der Waals surface area contributed by atoms with Crippen molar-refractivity contribution in [1.29, 1.82) is 0 Å². The molecule has 0 aliphatic rings. The van der Waals surface area contributed by atoms with Crippen LogP contribution < -0.4 is 4.73 Å². The second-order valence-electron chi connectivity index (χ2n) is 4.56. The third-order valence-electron chi connectivity index (χ3n) is 3.30. The minimum Gasteiger partial charge on any atom is -0.710 e. The topological polar surface area (TPSA) is 31.9 Å². The lowest BCUT2D eigenvalue weighted by Crippen LogP contribution is -2.25. The van der Waals surface area contributed by atoms with Crippen molar-refractivity contribution in [1.82, 2.24) is 4.57 Å². The second kappa shape index (κ2) is 5.02. The average Bonchev–Trinajstić information content (AvgIpc) is 2.75. The van der Waals surface area contributed by atoms with Crippen molar-refractivity contribution in [2.75, 3.05) is 0 Å². The van der Waals surface area contributed by atoms with Crippen LogP contribution in [0.1, 0.15) is 5.69 Å². The zero-order valence-corrected chi connectivity index (χ0v) is 11.7. The second-order valence-corrected chi connectivity index (χ2v) is 4.97. The van der Waals surface area contributed by atoms with Crippen LogP contribution in [0.2, 0.25) is 5.02 Å². The molecule has 2 aromatic carbocycles. The fourth-order valence-electron chi connectivity index (χ4n) is 2.34. The van der Waals surface area contributed by atoms with Crippen LogP contribution >= 0.6 is 11.6 Å². The lowest BCUT2D eigenvalue weighted by atomic mass is 10.1. The van der Waals surface area contributed by atoms with Crippen molar-refractivity contribution in [2.45, 2.75) is 6.92 Å². The molecule has 0 unspecified atom stereocenters. The van der Waals surface area contributed by atoms with Crippen molar-refractivity contribution < 1.29 is 4.73 Å². The number of nitrogens with zero attached hydrogens (tertiary/aromatic N) is 2. The van der Waals surface area contributed by atoms with E-state index in [1.165, 1.54) is 6.33 Å². The van der Waals surface area contributed by atoms with Gasteiger partial charge in [-0.25, -0.2) is 4.73 Å². The molecule has 1 heterocycles. The third-order valence-corrected chi connectivity index (χ3v) is 3.62. The van der Waals surface area contributed by atoms with Crippen molar-refractivity contribution in [3.8, 4) is 16.9 Å². The van der Waals surface area contributed by atoms with Gasteiger partial charge in [-0.1, -0.05) is 54.1 Å². The normalized spacial score (nSPS) is 10.7. The summed E-state index contributed by atoms with van der Waals surface area (Å²) in [5, 5.41) is 12.8. The minimum atomic E-state index is 0.616. The van der Waals surface area contributed by atoms with Crippen LogP contribution in [-0.4, -0.2) is 4.57 Å². The summed E-state index contributed by atoms with van der Waals surface area (Å²) >= 11 is 6.21. The molecule has 3 aromatic rings. The first-order valence-electron chi connectivity index (χ1n) is 6.30. The highest BCUT2D eigenvalue weighted by Gasteiger charge is 2.20. The summed E-state index contributed by atoms with van der Waals surface area (Å²) in [6.07, 6.45) is 1.51. The Hall–Kier alpha value is -2.26. The van der Waals surface area contributed by atoms with Crippen LogP contribution in [0.4, 0.5) is 0 Å². The van der Waals surface area contributed by atoms with Crippen molar-refractivity contribution >= 4 is 11.6 Å². The highest BCUT2D eigenvalue weighted by Crippen LogP contribution is 2.25. The predicted molar refractivity (Wildman–Crippen MR) is 79.9 cm³/mol. The van der Waals surface area contributed by atoms with Gasteiger partial charge in [0.2, 0.25) is 0 Å². The monoisotopic (exact) mass is 284 g/mol. The van der Waals surface area contributed by atoms with Gasteiger partial charge in [0.05, 0.1) is 5.02 Å². The van der Waals surface area contributed by atoms with Crippen molar-refractivity contribution in [2.24, 2.45) is 0 Å². The van der Waals surface area contributed by atoms with Gasteiger partial charge in [-0.05, 0) is 12.1 Å². The predicted octanol–water partition coefficient (Wildman–Crippen LogP) is 3.74. The van der Waals surface area contributed by atoms with Gasteiger partial charge in [-0.15, -0.1) is 0 Å². The molecule has 0 atom stereocenters. The van der Waals surface area contributed by atoms with Crippen LogP contribution in [0.15, 0.2) is 60.9 Å². The number of rotatable bonds is 2. The number of halogens is 1. The van der Waals surface area contributed by atoms with Gasteiger partial charge in [-0.3, -0.25) is 0 Å². The molecule has 20 heavy (non-hydrogen) atoms. The maximum absolute atomic E-state index is 12.2. The van der Waals surface area contributed by atoms with Crippen LogP contribution in [0, 0.1) is 12.1 Å². The quantitative estimate of drug-likeness (QED) is 0.521. The molecule has 0 amide bonds. The first-order chi connectivity index (χ1) is 9.68. The molecule has 0 spiro atoms. The molecule has 0 fully saturated rings. The maximum atomic E-state index is 12.2. The van der Waals surface area contributed by atoms with Crippen LogP contribution in [0.5, 0.6) is 0 Å². The Morgan fingerprint density at radius 3 is 2.35 bits per heavy atom. The van der Waals surface area contributed by atoms with Crippen LogP contribution in [-0.2, 0) is 0 Å². The van der Waals surface area contributed by atoms with E-state index in [9.17, 15) is 5.21 Å². The standard InChI is InChI=1S/C16H13ClN2O/c1-12-16(13-7-3-2-4-8-13)19(20)11-18(12)15-10-6-5-9-14(15)17/h2-11H,1H3. The van der Waals surface area contributed by atoms with Gasteiger partial charge in [0, 0.05) is 12.5 Å². The third kappa shape index (κ3) is 2.06. The lowest BCUT2D eigenvalue weighted by Gasteiger charge is -2.03. The average molecular weight is 285 g/mol. The highest BCUT2D eigenvalue weighted by atomic mass is 35.5. The van der Waals surface area contributed by atoms with Gasteiger partial charge in [0.25, 0.3) is 6.33 Å². The first kappa shape index (κ1) is 12.8. The van der Waals surface area contributed by atoms with Gasteiger partial charge in [0.1, 0.15) is 0 Å². The lowest BCUT2D eigenvalue weighted by molar-refractivity contribution is -0.593. The van der Waals surface area contributed by atoms with E-state index in [-0.39, 0.29) is 0 Å². The van der Waals surface area contributed by atoms with E-state index in [1.807, 2.05) is 66.1 Å². The summed E-state index contributed by atoms with van der Waals surface area (Å²) in [7, 11) is 0. The summed E-state index contributed by atoms with van der Waals surface area (Å²) in [6, 6.07) is 17.1. The van der Waals surface area contributed by atoms with E-state index < -0.39 is 0 Å². The molecule has 0 bridgehead atoms. The Kier molecular flexibility index (Phi) is 3.20. The zero-order valence-electron chi connectivity index (χ0n) is 11.0. The van der Waals surface area contributed by atoms with Gasteiger partial charge >= 0.3 is 0 Å². The fraction of sp³-hybridized carbons (Fsp3) is 0.0625. The van der Waals surface area contributed by atoms with Gasteiger partial charge in [0.15, 0.2) is 17.1 Å². The smallest absolute Gasteiger partial charge is 0.252 e. The van der Waals surface area contributed by atoms with E-state index in [2.05, 4.69) is 0 Å². The Bertz CT molecular complexity index is 750. The molecule has 0 aliphatic carbocycles. The number of hydrogen-bond acceptors (Lipinski definition) is 1. The summed E-state index contributed by atoms with van der Waals surface area (Å²) < 4.78 is 2.70. The molecule has 4 heteroatoms. The van der Waals surface area contributed by atoms with Crippen molar-refractivity contribution in [3.63, 3.8) is 0 Å². The largest absolute Gasteiger partial charge is 0.710 e. The number of imidazole rings is 1. The number of para-hydroxylation sites is 1. The van der Waals surface area contributed by atoms with Gasteiger partial charge in [-0.2, -0.15) is 4.57 Å². The number of benzene rings is 2. The van der Waals surface area contributed by atoms with E-state index in [0.29, 0.717) is 10.7 Å². The van der Waals surface area contributed by atoms with Crippen LogP contribution in [0.3, 0.4) is 0 Å². The Morgan fingerprint density at radius 1 is 1.00 bits per heavy atom. The number of aromatic nitrogens is 2. The van der Waals surface area contributed by atoms with E-state index >= 15 is 0 Å². The van der Waals surface area contributed by atoms with E-state index in [4.69, 9.17) is 11.6 Å². The molecular weight excluding hydrogens is 272 g/mol. The Balaban J connectivity index is 2.20. The molecule has 0 radical (unpaired) electrons. The summed E-state index contributed by atoms with van der Waals surface area (Å²) in [5.41, 5.74) is 3.20. The fourth-order valence-corrected chi connectivity index (χ4v) is 2.57. The summed E-state index contributed by atoms with van der Waals surface area (Å²) in [4.78, 5) is 0. The zero-order chi connectivity index (χ0) is 14.1. The first-order valence-corrected chi connectivity index (χ1v) is 6.67. The SMILES string of the molecule is Cc1c(-c2ccccc2)[n+]([O-])cn1-c1ccccc1Cl. The van der Waals surface area contributed by atoms with Crippen LogP contribution in [0.25, 0.3) is 16.9 Å². The van der Waals surface area contributed by atoms with Gasteiger partial charge < -0.3 is 5.21 Å². The Morgan fingerprint density at radius 2 is 1.65 bits per heavy atom. The summed E-state index contributed by atoms with van der Waals surface area (Å²) in [6.45, 7) is 1.92. The maximum Gasteiger partial charge on any atom is 0.252 e. The molecule has 100 valence electrons. The van der Waals surface area contributed by atoms with E-state index in [0.717, 1.165) is 21.7 Å². The molecular formula is C16H13ClN2O. The van der Waals surface area contributed by atoms with Crippen molar-refractivity contribution in [3.05, 3.63) is 76.8 Å². The highest BCUT2D eigenvalue weighted by molar-refractivity contribution is 6.32. The molecule has 0 saturated carbocycles. The number of hydrogen-bond donors (Lipinski definition) is 0. The molecule has 0 aliphatic heterocycles. The molecule has 3 nitrogen and oxygen atoms in total. The molecule has 3 rings (SSSR count). The van der Waals surface area contributed by atoms with E-state index in [1.54, 1.807) is 0 Å². The Labute approximate surface area is 122 Å². The molecule has 0 saturated heterocycles.